The second-order valence-corrected chi connectivity index (χ2v) is 9.73. The van der Waals surface area contributed by atoms with Crippen LogP contribution in [-0.2, 0) is 22.7 Å². The summed E-state index contributed by atoms with van der Waals surface area (Å²) < 4.78 is 64.4. The number of halogens is 3. The number of carboxylic acids is 1. The van der Waals surface area contributed by atoms with Crippen LogP contribution < -0.4 is 5.32 Å². The first-order chi connectivity index (χ1) is 13.6. The molecule has 1 aromatic heterocycles. The highest BCUT2D eigenvalue weighted by Crippen LogP contribution is 2.30. The number of carbonyl (C=O) groups is 1. The molecule has 0 bridgehead atoms. The Morgan fingerprint density at radius 1 is 1.17 bits per heavy atom. The highest BCUT2D eigenvalue weighted by Gasteiger charge is 2.33. The fourth-order valence-corrected chi connectivity index (χ4v) is 6.08. The summed E-state index contributed by atoms with van der Waals surface area (Å²) in [5, 5.41) is 13.8. The van der Waals surface area contributed by atoms with E-state index in [1.54, 1.807) is 0 Å². The summed E-state index contributed by atoms with van der Waals surface area (Å²) in [5.74, 6) is -1.28. The van der Waals surface area contributed by atoms with Crippen LogP contribution in [-0.4, -0.2) is 42.9 Å². The van der Waals surface area contributed by atoms with Crippen molar-refractivity contribution >= 4 is 27.3 Å². The van der Waals surface area contributed by atoms with E-state index in [2.05, 4.69) is 5.32 Å². The summed E-state index contributed by atoms with van der Waals surface area (Å²) in [7, 11) is -3.87. The number of piperidine rings is 1. The van der Waals surface area contributed by atoms with Crippen LogP contribution in [0.25, 0.3) is 0 Å². The molecule has 3 rings (SSSR count). The molecule has 158 valence electrons. The van der Waals surface area contributed by atoms with E-state index in [1.165, 1.54) is 27.9 Å². The quantitative estimate of drug-likeness (QED) is 0.707. The van der Waals surface area contributed by atoms with Crippen LogP contribution in [0.4, 0.5) is 13.2 Å². The lowest BCUT2D eigenvalue weighted by molar-refractivity contribution is -0.137. The first-order valence-electron chi connectivity index (χ1n) is 8.79. The number of benzene rings is 1. The zero-order chi connectivity index (χ0) is 21.2. The van der Waals surface area contributed by atoms with Gasteiger partial charge in [0.05, 0.1) is 11.1 Å². The SMILES string of the molecule is O=C(O)c1ccsc1S(=O)(=O)N1CCC(NCc2ccc(C(F)(F)F)cc2)CC1. The van der Waals surface area contributed by atoms with E-state index in [9.17, 15) is 26.4 Å². The Kier molecular flexibility index (Phi) is 6.32. The maximum absolute atomic E-state index is 12.7. The van der Waals surface area contributed by atoms with Gasteiger partial charge in [-0.1, -0.05) is 12.1 Å². The van der Waals surface area contributed by atoms with Gasteiger partial charge in [0, 0.05) is 25.7 Å². The van der Waals surface area contributed by atoms with Crippen molar-refractivity contribution in [2.45, 2.75) is 35.8 Å². The van der Waals surface area contributed by atoms with Crippen LogP contribution in [0.15, 0.2) is 39.9 Å². The number of aromatic carboxylic acids is 1. The summed E-state index contributed by atoms with van der Waals surface area (Å²) in [6, 6.07) is 6.20. The third kappa shape index (κ3) is 4.97. The number of nitrogens with one attached hydrogen (secondary N) is 1. The molecule has 0 spiro atoms. The number of sulfonamides is 1. The van der Waals surface area contributed by atoms with Gasteiger partial charge in [-0.05, 0) is 42.0 Å². The monoisotopic (exact) mass is 448 g/mol. The number of hydrogen-bond acceptors (Lipinski definition) is 5. The van der Waals surface area contributed by atoms with E-state index in [0.29, 0.717) is 24.9 Å². The molecule has 1 saturated heterocycles. The third-order valence-corrected chi connectivity index (χ3v) is 8.12. The highest BCUT2D eigenvalue weighted by atomic mass is 32.2. The third-order valence-electron chi connectivity index (χ3n) is 4.76. The van der Waals surface area contributed by atoms with E-state index in [0.717, 1.165) is 23.5 Å². The first kappa shape index (κ1) is 21.8. The molecule has 0 aliphatic carbocycles. The van der Waals surface area contributed by atoms with Gasteiger partial charge in [0.2, 0.25) is 0 Å². The van der Waals surface area contributed by atoms with Crippen LogP contribution in [0.1, 0.15) is 34.3 Å². The topological polar surface area (TPSA) is 86.7 Å². The van der Waals surface area contributed by atoms with Crippen LogP contribution in [0.5, 0.6) is 0 Å². The van der Waals surface area contributed by atoms with Gasteiger partial charge in [0.15, 0.2) is 0 Å². The summed E-state index contributed by atoms with van der Waals surface area (Å²) in [4.78, 5) is 11.2. The second-order valence-electron chi connectivity index (χ2n) is 6.68. The first-order valence-corrected chi connectivity index (χ1v) is 11.1. The van der Waals surface area contributed by atoms with Crippen molar-refractivity contribution in [2.75, 3.05) is 13.1 Å². The van der Waals surface area contributed by atoms with Crippen LogP contribution in [0, 0.1) is 0 Å². The summed E-state index contributed by atoms with van der Waals surface area (Å²) in [6.07, 6.45) is -3.32. The van der Waals surface area contributed by atoms with Crippen molar-refractivity contribution in [2.24, 2.45) is 0 Å². The molecule has 6 nitrogen and oxygen atoms in total. The zero-order valence-electron chi connectivity index (χ0n) is 15.1. The average molecular weight is 448 g/mol. The minimum atomic E-state index is -4.37. The van der Waals surface area contributed by atoms with E-state index in [-0.39, 0.29) is 28.9 Å². The van der Waals surface area contributed by atoms with Crippen LogP contribution in [0.3, 0.4) is 0 Å². The largest absolute Gasteiger partial charge is 0.478 e. The molecule has 1 fully saturated rings. The van der Waals surface area contributed by atoms with E-state index in [4.69, 9.17) is 5.11 Å². The number of carboxylic acid groups (broad SMARTS) is 1. The molecule has 2 aromatic rings. The summed E-state index contributed by atoms with van der Waals surface area (Å²) in [5.41, 5.74) is -0.218. The minimum absolute atomic E-state index is 0.0195. The lowest BCUT2D eigenvalue weighted by atomic mass is 10.1. The predicted octanol–water partition coefficient (Wildman–Crippen LogP) is 3.41. The number of thiophene rings is 1. The van der Waals surface area contributed by atoms with Crippen molar-refractivity contribution < 1.29 is 31.5 Å². The molecule has 2 N–H and O–H groups in total. The Hall–Kier alpha value is -1.95. The van der Waals surface area contributed by atoms with Crippen molar-refractivity contribution in [3.05, 3.63) is 52.4 Å². The van der Waals surface area contributed by atoms with Gasteiger partial charge in [0.25, 0.3) is 10.0 Å². The molecule has 1 aliphatic heterocycles. The fourth-order valence-electron chi connectivity index (χ4n) is 3.15. The molecular weight excluding hydrogens is 429 g/mol. The Morgan fingerprint density at radius 3 is 2.34 bits per heavy atom. The molecule has 1 aromatic carbocycles. The lowest BCUT2D eigenvalue weighted by Gasteiger charge is -2.31. The Balaban J connectivity index is 1.55. The molecule has 0 unspecified atom stereocenters. The maximum atomic E-state index is 12.7. The molecule has 0 amide bonds. The van der Waals surface area contributed by atoms with Crippen LogP contribution >= 0.6 is 11.3 Å². The Bertz CT molecular complexity index is 964. The molecule has 0 atom stereocenters. The molecule has 11 heteroatoms. The Morgan fingerprint density at radius 2 is 1.79 bits per heavy atom. The number of hydrogen-bond donors (Lipinski definition) is 2. The zero-order valence-corrected chi connectivity index (χ0v) is 16.8. The van der Waals surface area contributed by atoms with Crippen molar-refractivity contribution in [3.8, 4) is 0 Å². The molecule has 0 radical (unpaired) electrons. The Labute approximate surface area is 170 Å². The van der Waals surface area contributed by atoms with E-state index in [1.807, 2.05) is 0 Å². The molecule has 1 aliphatic rings. The lowest BCUT2D eigenvalue weighted by Crippen LogP contribution is -2.44. The van der Waals surface area contributed by atoms with Gasteiger partial charge in [-0.2, -0.15) is 17.5 Å². The average Bonchev–Trinajstić information content (AvgIpc) is 3.17. The van der Waals surface area contributed by atoms with Gasteiger partial charge in [-0.15, -0.1) is 11.3 Å². The number of alkyl halides is 3. The van der Waals surface area contributed by atoms with Gasteiger partial charge in [-0.3, -0.25) is 0 Å². The summed E-state index contributed by atoms with van der Waals surface area (Å²) >= 11 is 0.883. The fraction of sp³-hybridized carbons (Fsp3) is 0.389. The van der Waals surface area contributed by atoms with Gasteiger partial charge in [0.1, 0.15) is 4.21 Å². The van der Waals surface area contributed by atoms with Crippen molar-refractivity contribution in [1.29, 1.82) is 0 Å². The van der Waals surface area contributed by atoms with E-state index < -0.39 is 27.7 Å². The van der Waals surface area contributed by atoms with Gasteiger partial charge >= 0.3 is 12.1 Å². The normalized spacial score (nSPS) is 16.8. The number of nitrogens with zero attached hydrogens (tertiary/aromatic N) is 1. The molecule has 29 heavy (non-hydrogen) atoms. The standard InChI is InChI=1S/C18H19F3N2O4S2/c19-18(20,21)13-3-1-12(2-4-13)11-22-14-5-8-23(9-6-14)29(26,27)17-15(16(24)25)7-10-28-17/h1-4,7,10,14,22H,5-6,8-9,11H2,(H,24,25). The van der Waals surface area contributed by atoms with Crippen LogP contribution in [0.2, 0.25) is 0 Å². The van der Waals surface area contributed by atoms with Crippen molar-refractivity contribution in [1.82, 2.24) is 9.62 Å². The predicted molar refractivity (Wildman–Crippen MR) is 101 cm³/mol. The second kappa shape index (κ2) is 8.42. The smallest absolute Gasteiger partial charge is 0.416 e. The minimum Gasteiger partial charge on any atom is -0.478 e. The highest BCUT2D eigenvalue weighted by molar-refractivity contribution is 7.91. The maximum Gasteiger partial charge on any atom is 0.416 e. The van der Waals surface area contributed by atoms with E-state index >= 15 is 0 Å². The van der Waals surface area contributed by atoms with Gasteiger partial charge in [-0.25, -0.2) is 13.2 Å². The van der Waals surface area contributed by atoms with Crippen molar-refractivity contribution in [3.63, 3.8) is 0 Å². The van der Waals surface area contributed by atoms with Gasteiger partial charge < -0.3 is 10.4 Å². The molecule has 2 heterocycles. The number of rotatable bonds is 6. The molecule has 0 saturated carbocycles. The molecular formula is C18H19F3N2O4S2. The summed E-state index contributed by atoms with van der Waals surface area (Å²) in [6.45, 7) is 0.859.